The topological polar surface area (TPSA) is 22.1 Å². The lowest BCUT2D eigenvalue weighted by Crippen LogP contribution is -2.07. The van der Waals surface area contributed by atoms with Crippen LogP contribution in [-0.2, 0) is 6.18 Å². The number of nitrogens with zero attached hydrogens (tertiary/aromatic N) is 1. The molecule has 0 unspecified atom stereocenters. The molecule has 1 heterocycles. The molecule has 0 aliphatic rings. The molecular formula is C7H4F4INO. The van der Waals surface area contributed by atoms with Gasteiger partial charge in [0.15, 0.2) is 5.75 Å². The minimum Gasteiger partial charge on any atom is -0.460 e. The van der Waals surface area contributed by atoms with Crippen molar-refractivity contribution in [2.45, 2.75) is 6.18 Å². The standard InChI is InChI=1S/C7H4F4INO/c8-3-14-5-1-4(7(9,10)11)2-13-6(5)12/h1-2H,3H2. The second-order valence-electron chi connectivity index (χ2n) is 2.26. The predicted octanol–water partition coefficient (Wildman–Crippen LogP) is 3.01. The molecule has 0 aliphatic heterocycles. The number of aromatic nitrogens is 1. The molecule has 0 fully saturated rings. The van der Waals surface area contributed by atoms with Gasteiger partial charge in [0.1, 0.15) is 3.70 Å². The van der Waals surface area contributed by atoms with Gasteiger partial charge in [-0.15, -0.1) is 0 Å². The van der Waals surface area contributed by atoms with Crippen molar-refractivity contribution < 1.29 is 22.3 Å². The van der Waals surface area contributed by atoms with Crippen molar-refractivity contribution in [1.82, 2.24) is 4.98 Å². The Morgan fingerprint density at radius 3 is 2.57 bits per heavy atom. The van der Waals surface area contributed by atoms with Crippen molar-refractivity contribution in [3.05, 3.63) is 21.5 Å². The van der Waals surface area contributed by atoms with E-state index >= 15 is 0 Å². The molecule has 0 radical (unpaired) electrons. The molecule has 1 rings (SSSR count). The summed E-state index contributed by atoms with van der Waals surface area (Å²) in [5.41, 5.74) is -0.957. The first-order chi connectivity index (χ1) is 6.45. The third-order valence-electron chi connectivity index (χ3n) is 1.34. The van der Waals surface area contributed by atoms with Crippen LogP contribution in [0.2, 0.25) is 0 Å². The number of ether oxygens (including phenoxy) is 1. The van der Waals surface area contributed by atoms with E-state index in [0.717, 1.165) is 0 Å². The van der Waals surface area contributed by atoms with E-state index < -0.39 is 18.6 Å². The summed E-state index contributed by atoms with van der Waals surface area (Å²) in [4.78, 5) is 3.44. The first-order valence-electron chi connectivity index (χ1n) is 3.36. The fourth-order valence-electron chi connectivity index (χ4n) is 0.743. The van der Waals surface area contributed by atoms with Crippen LogP contribution in [0.4, 0.5) is 17.6 Å². The van der Waals surface area contributed by atoms with Gasteiger partial charge in [0.2, 0.25) is 6.86 Å². The number of alkyl halides is 4. The fraction of sp³-hybridized carbons (Fsp3) is 0.286. The zero-order valence-corrected chi connectivity index (χ0v) is 8.76. The minimum absolute atomic E-state index is 0.188. The van der Waals surface area contributed by atoms with E-state index in [4.69, 9.17) is 0 Å². The molecule has 1 aromatic heterocycles. The average Bonchev–Trinajstić information content (AvgIpc) is 2.07. The van der Waals surface area contributed by atoms with Crippen LogP contribution in [0.5, 0.6) is 5.75 Å². The molecule has 1 aromatic rings. The van der Waals surface area contributed by atoms with E-state index in [-0.39, 0.29) is 9.45 Å². The van der Waals surface area contributed by atoms with Crippen LogP contribution in [0.25, 0.3) is 0 Å². The number of halogens is 5. The van der Waals surface area contributed by atoms with Gasteiger partial charge in [0.25, 0.3) is 0 Å². The van der Waals surface area contributed by atoms with Crippen LogP contribution in [0.3, 0.4) is 0 Å². The average molecular weight is 321 g/mol. The summed E-state index contributed by atoms with van der Waals surface area (Å²) in [6.07, 6.45) is -3.82. The Morgan fingerprint density at radius 2 is 2.07 bits per heavy atom. The smallest absolute Gasteiger partial charge is 0.418 e. The Hall–Kier alpha value is -0.600. The van der Waals surface area contributed by atoms with Gasteiger partial charge in [0.05, 0.1) is 5.56 Å². The van der Waals surface area contributed by atoms with Gasteiger partial charge in [0, 0.05) is 6.20 Å². The summed E-state index contributed by atoms with van der Waals surface area (Å²) in [7, 11) is 0. The highest BCUT2D eigenvalue weighted by Gasteiger charge is 2.31. The van der Waals surface area contributed by atoms with E-state index in [1.165, 1.54) is 0 Å². The summed E-state index contributed by atoms with van der Waals surface area (Å²) < 4.78 is 52.7. The summed E-state index contributed by atoms with van der Waals surface area (Å²) >= 11 is 1.66. The fourth-order valence-corrected chi connectivity index (χ4v) is 1.19. The first kappa shape index (κ1) is 11.5. The predicted molar refractivity (Wildman–Crippen MR) is 48.6 cm³/mol. The van der Waals surface area contributed by atoms with Crippen LogP contribution in [0.15, 0.2) is 12.3 Å². The van der Waals surface area contributed by atoms with E-state index in [1.807, 2.05) is 0 Å². The van der Waals surface area contributed by atoms with Crippen molar-refractivity contribution in [2.75, 3.05) is 6.86 Å². The quantitative estimate of drug-likeness (QED) is 0.475. The van der Waals surface area contributed by atoms with Gasteiger partial charge in [-0.3, -0.25) is 0 Å². The Labute approximate surface area is 90.4 Å². The van der Waals surface area contributed by atoms with Crippen LogP contribution in [-0.4, -0.2) is 11.8 Å². The zero-order chi connectivity index (χ0) is 10.8. The Kier molecular flexibility index (Phi) is 3.51. The monoisotopic (exact) mass is 321 g/mol. The van der Waals surface area contributed by atoms with Crippen molar-refractivity contribution in [2.24, 2.45) is 0 Å². The molecule has 78 valence electrons. The molecule has 0 bridgehead atoms. The Bertz CT molecular complexity index is 328. The second kappa shape index (κ2) is 4.28. The molecule has 2 nitrogen and oxygen atoms in total. The van der Waals surface area contributed by atoms with Gasteiger partial charge < -0.3 is 4.74 Å². The van der Waals surface area contributed by atoms with Gasteiger partial charge in [-0.25, -0.2) is 9.37 Å². The lowest BCUT2D eigenvalue weighted by Gasteiger charge is -2.08. The third-order valence-corrected chi connectivity index (χ3v) is 2.15. The highest BCUT2D eigenvalue weighted by atomic mass is 127. The molecular weight excluding hydrogens is 317 g/mol. The number of rotatable bonds is 2. The summed E-state index contributed by atoms with van der Waals surface area (Å²) in [6, 6.07) is 0.717. The van der Waals surface area contributed by atoms with Gasteiger partial charge in [-0.1, -0.05) is 0 Å². The van der Waals surface area contributed by atoms with Crippen molar-refractivity contribution in [3.8, 4) is 5.75 Å². The molecule has 0 atom stereocenters. The largest absolute Gasteiger partial charge is 0.460 e. The Balaban J connectivity index is 3.06. The lowest BCUT2D eigenvalue weighted by atomic mass is 10.3. The highest BCUT2D eigenvalue weighted by molar-refractivity contribution is 14.1. The molecule has 0 saturated carbocycles. The van der Waals surface area contributed by atoms with E-state index in [2.05, 4.69) is 9.72 Å². The SMILES string of the molecule is FCOc1cc(C(F)(F)F)cnc1I. The normalized spacial score (nSPS) is 11.5. The first-order valence-corrected chi connectivity index (χ1v) is 4.44. The van der Waals surface area contributed by atoms with E-state index in [9.17, 15) is 17.6 Å². The zero-order valence-electron chi connectivity index (χ0n) is 6.61. The van der Waals surface area contributed by atoms with E-state index in [1.54, 1.807) is 22.6 Å². The highest BCUT2D eigenvalue weighted by Crippen LogP contribution is 2.32. The van der Waals surface area contributed by atoms with Crippen molar-refractivity contribution >= 4 is 22.6 Å². The maximum absolute atomic E-state index is 12.1. The maximum Gasteiger partial charge on any atom is 0.418 e. The molecule has 0 amide bonds. The molecule has 7 heteroatoms. The molecule has 0 spiro atoms. The lowest BCUT2D eigenvalue weighted by molar-refractivity contribution is -0.138. The van der Waals surface area contributed by atoms with Crippen molar-refractivity contribution in [3.63, 3.8) is 0 Å². The molecule has 0 saturated heterocycles. The maximum atomic E-state index is 12.1. The summed E-state index contributed by atoms with van der Waals surface area (Å²) in [6.45, 7) is -1.18. The molecule has 0 aliphatic carbocycles. The van der Waals surface area contributed by atoms with Crippen LogP contribution in [0, 0.1) is 3.70 Å². The van der Waals surface area contributed by atoms with Crippen LogP contribution >= 0.6 is 22.6 Å². The molecule has 14 heavy (non-hydrogen) atoms. The number of hydrogen-bond acceptors (Lipinski definition) is 2. The summed E-state index contributed by atoms with van der Waals surface area (Å²) in [5, 5.41) is 0. The van der Waals surface area contributed by atoms with Crippen LogP contribution in [0.1, 0.15) is 5.56 Å². The van der Waals surface area contributed by atoms with Gasteiger partial charge >= 0.3 is 6.18 Å². The minimum atomic E-state index is -4.49. The van der Waals surface area contributed by atoms with E-state index in [0.29, 0.717) is 12.3 Å². The summed E-state index contributed by atoms with van der Waals surface area (Å²) in [5.74, 6) is -0.206. The van der Waals surface area contributed by atoms with Gasteiger partial charge in [-0.05, 0) is 28.7 Å². The number of hydrogen-bond donors (Lipinski definition) is 0. The Morgan fingerprint density at radius 1 is 1.43 bits per heavy atom. The second-order valence-corrected chi connectivity index (χ2v) is 3.29. The molecule has 0 N–H and O–H groups in total. The number of pyridine rings is 1. The molecule has 0 aromatic carbocycles. The van der Waals surface area contributed by atoms with Gasteiger partial charge in [-0.2, -0.15) is 13.2 Å². The third kappa shape index (κ3) is 2.69. The van der Waals surface area contributed by atoms with Crippen molar-refractivity contribution in [1.29, 1.82) is 0 Å². The van der Waals surface area contributed by atoms with Crippen LogP contribution < -0.4 is 4.74 Å².